The highest BCUT2D eigenvalue weighted by Crippen LogP contribution is 2.28. The number of hydrogen-bond donors (Lipinski definition) is 3. The summed E-state index contributed by atoms with van der Waals surface area (Å²) in [5.41, 5.74) is 2.91. The fourth-order valence-electron chi connectivity index (χ4n) is 4.02. The van der Waals surface area contributed by atoms with E-state index in [0.717, 1.165) is 17.8 Å². The number of nitrogens with one attached hydrogen (secondary N) is 1. The van der Waals surface area contributed by atoms with Crippen molar-refractivity contribution in [2.45, 2.75) is 58.4 Å². The number of nitrogens with zero attached hydrogens (tertiary/aromatic N) is 2. The molecule has 36 heavy (non-hydrogen) atoms. The van der Waals surface area contributed by atoms with Crippen LogP contribution in [-0.4, -0.2) is 38.4 Å². The van der Waals surface area contributed by atoms with Crippen molar-refractivity contribution in [3.8, 4) is 17.1 Å². The number of aromatic carboxylic acids is 1. The van der Waals surface area contributed by atoms with E-state index in [1.165, 1.54) is 12.1 Å². The second-order valence-corrected chi connectivity index (χ2v) is 8.96. The van der Waals surface area contributed by atoms with Gasteiger partial charge in [0.15, 0.2) is 0 Å². The van der Waals surface area contributed by atoms with Crippen molar-refractivity contribution in [2.24, 2.45) is 0 Å². The average molecular weight is 514 g/mol. The molecule has 0 radical (unpaired) electrons. The number of benzene rings is 2. The number of imidazole rings is 1. The number of thiol groups is 1. The third kappa shape index (κ3) is 6.26. The van der Waals surface area contributed by atoms with Crippen LogP contribution in [0.15, 0.2) is 42.5 Å². The molecular formula is C27H32FN3O4S. The highest BCUT2D eigenvalue weighted by molar-refractivity contribution is 7.81. The third-order valence-electron chi connectivity index (χ3n) is 5.87. The monoisotopic (exact) mass is 513 g/mol. The van der Waals surface area contributed by atoms with E-state index in [0.29, 0.717) is 42.1 Å². The van der Waals surface area contributed by atoms with Gasteiger partial charge in [-0.15, -0.1) is 0 Å². The first-order chi connectivity index (χ1) is 17.3. The van der Waals surface area contributed by atoms with Crippen molar-refractivity contribution in [1.82, 2.24) is 14.9 Å². The van der Waals surface area contributed by atoms with Crippen LogP contribution in [0, 0.1) is 5.82 Å². The average Bonchev–Trinajstić information content (AvgIpc) is 3.19. The van der Waals surface area contributed by atoms with Crippen LogP contribution in [0.1, 0.15) is 60.9 Å². The molecule has 0 spiro atoms. The molecule has 2 aromatic carbocycles. The van der Waals surface area contributed by atoms with E-state index in [-0.39, 0.29) is 24.6 Å². The number of aromatic nitrogens is 2. The van der Waals surface area contributed by atoms with Crippen molar-refractivity contribution >= 4 is 24.5 Å². The second-order valence-electron chi connectivity index (χ2n) is 8.34. The minimum Gasteiger partial charge on any atom is -0.478 e. The smallest absolute Gasteiger partial charge is 0.336 e. The van der Waals surface area contributed by atoms with Crippen LogP contribution in [0.4, 0.5) is 4.39 Å². The largest absolute Gasteiger partial charge is 0.478 e. The summed E-state index contributed by atoms with van der Waals surface area (Å²) < 4.78 is 22.8. The lowest BCUT2D eigenvalue weighted by Crippen LogP contribution is -2.32. The summed E-state index contributed by atoms with van der Waals surface area (Å²) in [5, 5.41) is 12.0. The molecule has 0 fully saturated rings. The number of carboxylic acid groups (broad SMARTS) is 1. The number of aryl methyl sites for hydroxylation is 1. The van der Waals surface area contributed by atoms with Crippen molar-refractivity contribution in [3.05, 3.63) is 70.8 Å². The summed E-state index contributed by atoms with van der Waals surface area (Å²) in [5.74, 6) is -1.72. The Hall–Kier alpha value is -3.33. The first kappa shape index (κ1) is 27.3. The van der Waals surface area contributed by atoms with Gasteiger partial charge in [-0.25, -0.2) is 9.18 Å². The molecule has 0 bridgehead atoms. The summed E-state index contributed by atoms with van der Waals surface area (Å²) in [6.45, 7) is 6.54. The van der Waals surface area contributed by atoms with Gasteiger partial charge in [0.05, 0.1) is 41.9 Å². The molecule has 7 nitrogen and oxygen atoms in total. The summed E-state index contributed by atoms with van der Waals surface area (Å²) in [6.07, 6.45) is 2.13. The molecular weight excluding hydrogens is 481 g/mol. The predicted octanol–water partition coefficient (Wildman–Crippen LogP) is 5.11. The summed E-state index contributed by atoms with van der Waals surface area (Å²) in [7, 11) is 0. The lowest BCUT2D eigenvalue weighted by atomic mass is 9.98. The Morgan fingerprint density at radius 1 is 1.19 bits per heavy atom. The fourth-order valence-corrected chi connectivity index (χ4v) is 4.37. The van der Waals surface area contributed by atoms with Gasteiger partial charge in [0.2, 0.25) is 5.91 Å². The molecule has 0 unspecified atom stereocenters. The zero-order chi connectivity index (χ0) is 26.2. The molecule has 1 aromatic heterocycles. The van der Waals surface area contributed by atoms with Gasteiger partial charge in [-0.1, -0.05) is 50.6 Å². The molecule has 192 valence electrons. The number of ether oxygens (including phenoxy) is 1. The molecule has 1 atom stereocenters. The Balaban J connectivity index is 1.94. The Bertz CT molecular complexity index is 1230. The topological polar surface area (TPSA) is 93.5 Å². The lowest BCUT2D eigenvalue weighted by Gasteiger charge is -2.16. The molecule has 0 saturated carbocycles. The van der Waals surface area contributed by atoms with Gasteiger partial charge in [0.25, 0.3) is 6.01 Å². The molecule has 1 amide bonds. The van der Waals surface area contributed by atoms with Crippen LogP contribution in [0.2, 0.25) is 0 Å². The highest BCUT2D eigenvalue weighted by atomic mass is 32.1. The SMILES string of the molecule is CCC[C@H](S)C(=O)NCc1c(CC)nc(OCC)n1Cc1ccc(-c2ccccc2C(=O)O)cc1F. The van der Waals surface area contributed by atoms with E-state index >= 15 is 4.39 Å². The van der Waals surface area contributed by atoms with Crippen LogP contribution in [0.25, 0.3) is 11.1 Å². The normalized spacial score (nSPS) is 11.8. The Morgan fingerprint density at radius 2 is 1.94 bits per heavy atom. The predicted molar refractivity (Wildman–Crippen MR) is 140 cm³/mol. The minimum atomic E-state index is -1.07. The number of rotatable bonds is 12. The van der Waals surface area contributed by atoms with Crippen molar-refractivity contribution < 1.29 is 23.8 Å². The molecule has 9 heteroatoms. The second kappa shape index (κ2) is 12.6. The quantitative estimate of drug-likeness (QED) is 0.293. The maximum Gasteiger partial charge on any atom is 0.336 e. The number of carboxylic acids is 1. The molecule has 3 rings (SSSR count). The summed E-state index contributed by atoms with van der Waals surface area (Å²) >= 11 is 4.37. The first-order valence-electron chi connectivity index (χ1n) is 12.1. The Morgan fingerprint density at radius 3 is 2.58 bits per heavy atom. The highest BCUT2D eigenvalue weighted by Gasteiger charge is 2.21. The zero-order valence-corrected chi connectivity index (χ0v) is 21.6. The lowest BCUT2D eigenvalue weighted by molar-refractivity contribution is -0.120. The van der Waals surface area contributed by atoms with Crippen LogP contribution < -0.4 is 10.1 Å². The van der Waals surface area contributed by atoms with Crippen LogP contribution >= 0.6 is 12.6 Å². The molecule has 0 saturated heterocycles. The standard InChI is InChI=1S/C27H32FN3O4S/c1-4-9-24(36)25(32)29-15-23-22(5-2)30-27(35-6-3)31(23)16-18-13-12-17(14-21(18)28)19-10-7-8-11-20(19)26(33)34/h7-8,10-14,24,36H,4-6,9,15-16H2,1-3H3,(H,29,32)(H,33,34)/t24-/m0/s1. The van der Waals surface area contributed by atoms with Gasteiger partial charge in [-0.2, -0.15) is 17.6 Å². The van der Waals surface area contributed by atoms with E-state index in [2.05, 4.69) is 22.9 Å². The number of amides is 1. The van der Waals surface area contributed by atoms with Crippen LogP contribution in [-0.2, 0) is 24.3 Å². The van der Waals surface area contributed by atoms with Crippen molar-refractivity contribution in [1.29, 1.82) is 0 Å². The van der Waals surface area contributed by atoms with Gasteiger partial charge < -0.3 is 15.2 Å². The first-order valence-corrected chi connectivity index (χ1v) is 12.6. The zero-order valence-electron chi connectivity index (χ0n) is 20.8. The fraction of sp³-hybridized carbons (Fsp3) is 0.370. The maximum absolute atomic E-state index is 15.3. The van der Waals surface area contributed by atoms with Gasteiger partial charge in [0, 0.05) is 5.56 Å². The van der Waals surface area contributed by atoms with Gasteiger partial charge in [0.1, 0.15) is 5.82 Å². The Labute approximate surface area is 216 Å². The van der Waals surface area contributed by atoms with E-state index in [1.807, 2.05) is 20.8 Å². The van der Waals surface area contributed by atoms with E-state index in [1.54, 1.807) is 34.9 Å². The van der Waals surface area contributed by atoms with Crippen molar-refractivity contribution in [2.75, 3.05) is 6.61 Å². The van der Waals surface area contributed by atoms with E-state index < -0.39 is 17.0 Å². The van der Waals surface area contributed by atoms with Gasteiger partial charge in [-0.05, 0) is 43.0 Å². The summed E-state index contributed by atoms with van der Waals surface area (Å²) in [6, 6.07) is 11.5. The molecule has 2 N–H and O–H groups in total. The molecule has 0 aliphatic rings. The van der Waals surface area contributed by atoms with E-state index in [4.69, 9.17) is 4.74 Å². The molecule has 0 aliphatic heterocycles. The van der Waals surface area contributed by atoms with Crippen molar-refractivity contribution in [3.63, 3.8) is 0 Å². The van der Waals surface area contributed by atoms with Crippen LogP contribution in [0.5, 0.6) is 6.01 Å². The maximum atomic E-state index is 15.3. The van der Waals surface area contributed by atoms with Crippen LogP contribution in [0.3, 0.4) is 0 Å². The number of carbonyl (C=O) groups excluding carboxylic acids is 1. The molecule has 0 aliphatic carbocycles. The molecule has 1 heterocycles. The number of carbonyl (C=O) groups is 2. The third-order valence-corrected chi connectivity index (χ3v) is 6.37. The molecule has 3 aromatic rings. The number of halogens is 1. The number of hydrogen-bond acceptors (Lipinski definition) is 5. The van der Waals surface area contributed by atoms with E-state index in [9.17, 15) is 14.7 Å². The van der Waals surface area contributed by atoms with Gasteiger partial charge >= 0.3 is 5.97 Å². The van der Waals surface area contributed by atoms with Gasteiger partial charge in [-0.3, -0.25) is 9.36 Å². The Kier molecular flexibility index (Phi) is 9.52. The minimum absolute atomic E-state index is 0.106. The summed E-state index contributed by atoms with van der Waals surface area (Å²) in [4.78, 5) is 28.6.